The summed E-state index contributed by atoms with van der Waals surface area (Å²) in [6.07, 6.45) is -1.37. The number of anilines is 2. The fourth-order valence-corrected chi connectivity index (χ4v) is 0.703. The Bertz CT molecular complexity index is 313. The van der Waals surface area contributed by atoms with Crippen molar-refractivity contribution in [3.05, 3.63) is 12.4 Å². The molecule has 15 heavy (non-hydrogen) atoms. The van der Waals surface area contributed by atoms with E-state index in [4.69, 9.17) is 5.73 Å². The molecule has 0 fully saturated rings. The lowest BCUT2D eigenvalue weighted by atomic mass is 10.3. The van der Waals surface area contributed by atoms with Gasteiger partial charge >= 0.3 is 12.3 Å². The van der Waals surface area contributed by atoms with Crippen LogP contribution in [-0.4, -0.2) is 28.9 Å². The number of alkyl halides is 4. The molecule has 1 heterocycles. The third-order valence-electron chi connectivity index (χ3n) is 1.47. The van der Waals surface area contributed by atoms with Gasteiger partial charge in [-0.05, 0) is 0 Å². The number of halogens is 4. The Morgan fingerprint density at radius 3 is 2.33 bits per heavy atom. The molecule has 4 nitrogen and oxygen atoms in total. The average molecular weight is 224 g/mol. The zero-order chi connectivity index (χ0) is 11.5. The highest BCUT2D eigenvalue weighted by Gasteiger charge is 2.40. The molecule has 0 saturated carbocycles. The maximum atomic E-state index is 12.4. The molecular formula is C7H8F4N4. The van der Waals surface area contributed by atoms with Gasteiger partial charge in [-0.2, -0.15) is 8.78 Å². The van der Waals surface area contributed by atoms with E-state index in [-0.39, 0.29) is 11.6 Å². The summed E-state index contributed by atoms with van der Waals surface area (Å²) >= 11 is 0. The smallest absolute Gasteiger partial charge is 0.324 e. The Morgan fingerprint density at radius 1 is 1.33 bits per heavy atom. The topological polar surface area (TPSA) is 63.8 Å². The monoisotopic (exact) mass is 224 g/mol. The van der Waals surface area contributed by atoms with Gasteiger partial charge in [-0.25, -0.2) is 18.7 Å². The Hall–Kier alpha value is -1.60. The van der Waals surface area contributed by atoms with E-state index in [0.717, 1.165) is 0 Å². The van der Waals surface area contributed by atoms with Crippen molar-refractivity contribution < 1.29 is 17.6 Å². The molecule has 0 aliphatic carbocycles. The van der Waals surface area contributed by atoms with E-state index in [1.165, 1.54) is 12.4 Å². The molecule has 0 amide bonds. The first-order valence-corrected chi connectivity index (χ1v) is 3.89. The van der Waals surface area contributed by atoms with Crippen LogP contribution in [0.4, 0.5) is 29.2 Å². The number of hydrogen-bond acceptors (Lipinski definition) is 4. The molecule has 0 unspecified atom stereocenters. The van der Waals surface area contributed by atoms with Crippen molar-refractivity contribution in [3.8, 4) is 0 Å². The van der Waals surface area contributed by atoms with Crippen LogP contribution >= 0.6 is 0 Å². The average Bonchev–Trinajstić information content (AvgIpc) is 2.17. The van der Waals surface area contributed by atoms with Gasteiger partial charge in [-0.3, -0.25) is 0 Å². The van der Waals surface area contributed by atoms with Crippen LogP contribution in [0.5, 0.6) is 0 Å². The molecule has 8 heteroatoms. The second-order valence-corrected chi connectivity index (χ2v) is 2.76. The van der Waals surface area contributed by atoms with Gasteiger partial charge in [0.1, 0.15) is 0 Å². The second kappa shape index (κ2) is 4.28. The fraction of sp³-hybridized carbons (Fsp3) is 0.429. The third-order valence-corrected chi connectivity index (χ3v) is 1.47. The summed E-state index contributed by atoms with van der Waals surface area (Å²) in [5.41, 5.74) is 5.49. The maximum absolute atomic E-state index is 12.4. The molecule has 0 saturated heterocycles. The second-order valence-electron chi connectivity index (χ2n) is 2.76. The minimum absolute atomic E-state index is 0.176. The van der Waals surface area contributed by atoms with Crippen molar-refractivity contribution in [1.29, 1.82) is 0 Å². The van der Waals surface area contributed by atoms with Crippen LogP contribution in [0.3, 0.4) is 0 Å². The minimum Gasteiger partial charge on any atom is -0.396 e. The molecule has 84 valence electrons. The Balaban J connectivity index is 2.54. The van der Waals surface area contributed by atoms with Crippen molar-refractivity contribution in [2.75, 3.05) is 17.6 Å². The molecule has 1 aromatic heterocycles. The molecule has 0 aromatic carbocycles. The molecule has 3 N–H and O–H groups in total. The standard InChI is InChI=1S/C7H8F4N4/c8-5(9)7(10,11)3-15-6-13-1-4(12)2-14-6/h1-2,5H,3,12H2,(H,13,14,15). The first-order valence-electron chi connectivity index (χ1n) is 3.89. The zero-order valence-corrected chi connectivity index (χ0v) is 7.42. The molecule has 0 aliphatic rings. The van der Waals surface area contributed by atoms with Crippen LogP contribution in [0.2, 0.25) is 0 Å². The lowest BCUT2D eigenvalue weighted by Crippen LogP contribution is -2.35. The van der Waals surface area contributed by atoms with Gasteiger partial charge in [0.05, 0.1) is 24.6 Å². The summed E-state index contributed by atoms with van der Waals surface area (Å²) in [5.74, 6) is -4.28. The van der Waals surface area contributed by atoms with Gasteiger partial charge in [0, 0.05) is 0 Å². The van der Waals surface area contributed by atoms with Crippen molar-refractivity contribution in [1.82, 2.24) is 9.97 Å². The first kappa shape index (κ1) is 11.5. The number of nitrogens with one attached hydrogen (secondary N) is 1. The highest BCUT2D eigenvalue weighted by molar-refractivity contribution is 5.35. The van der Waals surface area contributed by atoms with Gasteiger partial charge in [0.25, 0.3) is 0 Å². The normalized spacial score (nSPS) is 11.8. The summed E-state index contributed by atoms with van der Waals surface area (Å²) in [4.78, 5) is 7.03. The first-order chi connectivity index (χ1) is 6.92. The molecule has 1 rings (SSSR count). The van der Waals surface area contributed by atoms with Gasteiger partial charge in [-0.15, -0.1) is 0 Å². The summed E-state index contributed by atoms with van der Waals surface area (Å²) in [6.45, 7) is -1.23. The summed E-state index contributed by atoms with van der Waals surface area (Å²) in [5, 5.41) is 1.99. The summed E-state index contributed by atoms with van der Waals surface area (Å²) < 4.78 is 48.3. The maximum Gasteiger partial charge on any atom is 0.324 e. The van der Waals surface area contributed by atoms with Gasteiger partial charge < -0.3 is 11.1 Å². The van der Waals surface area contributed by atoms with E-state index in [1.807, 2.05) is 5.32 Å². The van der Waals surface area contributed by atoms with Crippen molar-refractivity contribution in [2.45, 2.75) is 12.3 Å². The van der Waals surface area contributed by atoms with Crippen LogP contribution in [0, 0.1) is 0 Å². The van der Waals surface area contributed by atoms with Gasteiger partial charge in [0.15, 0.2) is 0 Å². The lowest BCUT2D eigenvalue weighted by molar-refractivity contribution is -0.117. The number of nitrogens with two attached hydrogens (primary N) is 1. The predicted molar refractivity (Wildman–Crippen MR) is 45.9 cm³/mol. The lowest BCUT2D eigenvalue weighted by Gasteiger charge is -2.15. The minimum atomic E-state index is -4.11. The fourth-order valence-electron chi connectivity index (χ4n) is 0.703. The third kappa shape index (κ3) is 3.22. The van der Waals surface area contributed by atoms with Crippen LogP contribution < -0.4 is 11.1 Å². The number of nitrogens with zero attached hydrogens (tertiary/aromatic N) is 2. The van der Waals surface area contributed by atoms with Gasteiger partial charge in [0.2, 0.25) is 5.95 Å². The zero-order valence-electron chi connectivity index (χ0n) is 7.42. The van der Waals surface area contributed by atoms with Crippen LogP contribution in [0.15, 0.2) is 12.4 Å². The highest BCUT2D eigenvalue weighted by atomic mass is 19.3. The summed E-state index contributed by atoms with van der Waals surface area (Å²) in [7, 11) is 0. The molecule has 0 atom stereocenters. The number of rotatable bonds is 4. The van der Waals surface area contributed by atoms with Crippen LogP contribution in [0.25, 0.3) is 0 Å². The molecular weight excluding hydrogens is 216 g/mol. The Labute approximate surface area is 82.5 Å². The van der Waals surface area contributed by atoms with E-state index in [1.54, 1.807) is 0 Å². The van der Waals surface area contributed by atoms with Gasteiger partial charge in [-0.1, -0.05) is 0 Å². The van der Waals surface area contributed by atoms with Crippen molar-refractivity contribution in [3.63, 3.8) is 0 Å². The molecule has 1 aromatic rings. The van der Waals surface area contributed by atoms with Crippen molar-refractivity contribution >= 4 is 11.6 Å². The molecule has 0 radical (unpaired) electrons. The molecule has 0 bridgehead atoms. The quantitative estimate of drug-likeness (QED) is 0.758. The Kier molecular flexibility index (Phi) is 3.28. The molecule has 0 spiro atoms. The Morgan fingerprint density at radius 2 is 1.87 bits per heavy atom. The van der Waals surface area contributed by atoms with E-state index in [9.17, 15) is 17.6 Å². The van der Waals surface area contributed by atoms with E-state index >= 15 is 0 Å². The van der Waals surface area contributed by atoms with E-state index < -0.39 is 18.9 Å². The van der Waals surface area contributed by atoms with Crippen molar-refractivity contribution in [2.24, 2.45) is 0 Å². The largest absolute Gasteiger partial charge is 0.396 e. The summed E-state index contributed by atoms with van der Waals surface area (Å²) in [6, 6.07) is 0. The highest BCUT2D eigenvalue weighted by Crippen LogP contribution is 2.22. The number of aromatic nitrogens is 2. The predicted octanol–water partition coefficient (Wildman–Crippen LogP) is 1.37. The van der Waals surface area contributed by atoms with Crippen LogP contribution in [-0.2, 0) is 0 Å². The van der Waals surface area contributed by atoms with E-state index in [0.29, 0.717) is 0 Å². The van der Waals surface area contributed by atoms with E-state index in [2.05, 4.69) is 9.97 Å². The number of hydrogen-bond donors (Lipinski definition) is 2. The molecule has 0 aliphatic heterocycles. The van der Waals surface area contributed by atoms with Crippen LogP contribution in [0.1, 0.15) is 0 Å². The SMILES string of the molecule is Nc1cnc(NCC(F)(F)C(F)F)nc1. The number of nitrogen functional groups attached to an aromatic ring is 1.